The van der Waals surface area contributed by atoms with Crippen molar-refractivity contribution in [3.8, 4) is 11.9 Å². The minimum atomic E-state index is 0.0247. The second-order valence-corrected chi connectivity index (χ2v) is 4.93. The number of nitrogens with two attached hydrogens (primary N) is 1. The van der Waals surface area contributed by atoms with E-state index in [1.165, 1.54) is 0 Å². The highest BCUT2D eigenvalue weighted by atomic mass is 16.5. The molecule has 0 spiro atoms. The van der Waals surface area contributed by atoms with Gasteiger partial charge in [-0.3, -0.25) is 0 Å². The smallest absolute Gasteiger partial charge is 0.239 e. The molecule has 19 heavy (non-hydrogen) atoms. The maximum Gasteiger partial charge on any atom is 0.239 e. The fraction of sp³-hybridized carbons (Fsp3) is 0.571. The molecular formula is C14H22N4O. The number of hydrogen-bond acceptors (Lipinski definition) is 5. The predicted octanol–water partition coefficient (Wildman–Crippen LogP) is 2.58. The van der Waals surface area contributed by atoms with E-state index in [9.17, 15) is 0 Å². The zero-order valence-electron chi connectivity index (χ0n) is 12.1. The highest BCUT2D eigenvalue weighted by molar-refractivity contribution is 5.55. The van der Waals surface area contributed by atoms with E-state index in [1.54, 1.807) is 6.07 Å². The lowest BCUT2D eigenvalue weighted by Crippen LogP contribution is -2.32. The number of hydrogen-bond donors (Lipinski definition) is 1. The van der Waals surface area contributed by atoms with Gasteiger partial charge in [-0.05, 0) is 39.8 Å². The average Bonchev–Trinajstić information content (AvgIpc) is 2.32. The zero-order valence-corrected chi connectivity index (χ0v) is 12.1. The van der Waals surface area contributed by atoms with Gasteiger partial charge in [0.25, 0.3) is 0 Å². The fourth-order valence-corrected chi connectivity index (χ4v) is 1.73. The highest BCUT2D eigenvalue weighted by Crippen LogP contribution is 2.25. The second-order valence-electron chi connectivity index (χ2n) is 4.93. The number of nitriles is 1. The van der Waals surface area contributed by atoms with Gasteiger partial charge in [0.05, 0.1) is 24.3 Å². The molecule has 0 aliphatic carbocycles. The van der Waals surface area contributed by atoms with Crippen molar-refractivity contribution in [2.75, 3.05) is 17.2 Å². The van der Waals surface area contributed by atoms with Crippen LogP contribution < -0.4 is 15.4 Å². The summed E-state index contributed by atoms with van der Waals surface area (Å²) in [4.78, 5) is 6.52. The molecule has 1 heterocycles. The van der Waals surface area contributed by atoms with Crippen molar-refractivity contribution < 1.29 is 4.74 Å². The van der Waals surface area contributed by atoms with Crippen molar-refractivity contribution in [2.45, 2.75) is 46.3 Å². The summed E-state index contributed by atoms with van der Waals surface area (Å²) in [6, 6.07) is 6.07. The van der Waals surface area contributed by atoms with Crippen LogP contribution in [0.25, 0.3) is 0 Å². The standard InChI is InChI=1S/C14H22N4O/c1-10(2)18(9-5-8-15)13-7-6-12(16)14(17-13)19-11(3)4/h6-7,10-11H,5,9,16H2,1-4H3. The first kappa shape index (κ1) is 15.1. The van der Waals surface area contributed by atoms with Gasteiger partial charge in [-0.15, -0.1) is 0 Å². The molecule has 0 atom stereocenters. The van der Waals surface area contributed by atoms with Crippen molar-refractivity contribution in [1.29, 1.82) is 5.26 Å². The molecule has 1 rings (SSSR count). The van der Waals surface area contributed by atoms with Gasteiger partial charge in [-0.25, -0.2) is 0 Å². The third-order valence-corrected chi connectivity index (χ3v) is 2.60. The second kappa shape index (κ2) is 6.83. The van der Waals surface area contributed by atoms with Gasteiger partial charge in [0, 0.05) is 12.6 Å². The van der Waals surface area contributed by atoms with Crippen molar-refractivity contribution in [3.63, 3.8) is 0 Å². The fourth-order valence-electron chi connectivity index (χ4n) is 1.73. The molecule has 2 N–H and O–H groups in total. The van der Waals surface area contributed by atoms with Crippen LogP contribution in [0.4, 0.5) is 11.5 Å². The van der Waals surface area contributed by atoms with E-state index in [0.29, 0.717) is 24.5 Å². The maximum absolute atomic E-state index is 8.72. The topological polar surface area (TPSA) is 75.2 Å². The molecule has 5 heteroatoms. The number of aromatic nitrogens is 1. The van der Waals surface area contributed by atoms with E-state index >= 15 is 0 Å². The van der Waals surface area contributed by atoms with E-state index in [1.807, 2.05) is 19.9 Å². The van der Waals surface area contributed by atoms with E-state index in [-0.39, 0.29) is 12.1 Å². The number of ether oxygens (including phenoxy) is 1. The van der Waals surface area contributed by atoms with E-state index < -0.39 is 0 Å². The van der Waals surface area contributed by atoms with Crippen molar-refractivity contribution in [1.82, 2.24) is 4.98 Å². The molecule has 0 bridgehead atoms. The van der Waals surface area contributed by atoms with Gasteiger partial charge < -0.3 is 15.4 Å². The third-order valence-electron chi connectivity index (χ3n) is 2.60. The molecule has 0 saturated heterocycles. The molecule has 0 saturated carbocycles. The predicted molar refractivity (Wildman–Crippen MR) is 77.1 cm³/mol. The van der Waals surface area contributed by atoms with Gasteiger partial charge in [0.15, 0.2) is 0 Å². The van der Waals surface area contributed by atoms with Crippen molar-refractivity contribution in [2.24, 2.45) is 0 Å². The Bertz CT molecular complexity index is 451. The van der Waals surface area contributed by atoms with Crippen LogP contribution in [0.2, 0.25) is 0 Å². The Morgan fingerprint density at radius 2 is 2.05 bits per heavy atom. The molecule has 0 aliphatic rings. The molecule has 104 valence electrons. The Labute approximate surface area is 115 Å². The summed E-state index contributed by atoms with van der Waals surface area (Å²) >= 11 is 0. The first-order valence-electron chi connectivity index (χ1n) is 6.52. The zero-order chi connectivity index (χ0) is 14.4. The van der Waals surface area contributed by atoms with Gasteiger partial charge in [-0.1, -0.05) is 0 Å². The van der Waals surface area contributed by atoms with Gasteiger partial charge in [0.2, 0.25) is 5.88 Å². The van der Waals surface area contributed by atoms with Crippen LogP contribution in [0.5, 0.6) is 5.88 Å². The molecule has 0 unspecified atom stereocenters. The number of pyridine rings is 1. The van der Waals surface area contributed by atoms with E-state index in [2.05, 4.69) is 29.8 Å². The quantitative estimate of drug-likeness (QED) is 0.852. The number of nitrogen functional groups attached to an aromatic ring is 1. The largest absolute Gasteiger partial charge is 0.473 e. The van der Waals surface area contributed by atoms with Crippen LogP contribution in [0.15, 0.2) is 12.1 Å². The van der Waals surface area contributed by atoms with Crippen LogP contribution in [-0.2, 0) is 0 Å². The molecule has 5 nitrogen and oxygen atoms in total. The molecule has 0 fully saturated rings. The van der Waals surface area contributed by atoms with Crippen molar-refractivity contribution in [3.05, 3.63) is 12.1 Å². The molecule has 0 radical (unpaired) electrons. The number of anilines is 2. The van der Waals surface area contributed by atoms with Gasteiger partial charge in [-0.2, -0.15) is 10.2 Å². The normalized spacial score (nSPS) is 10.6. The Balaban J connectivity index is 3.00. The summed E-state index contributed by atoms with van der Waals surface area (Å²) in [5.74, 6) is 1.24. The monoisotopic (exact) mass is 262 g/mol. The Morgan fingerprint density at radius 1 is 1.37 bits per heavy atom. The SMILES string of the molecule is CC(C)Oc1nc(N(CCC#N)C(C)C)ccc1N. The molecule has 0 aliphatic heterocycles. The highest BCUT2D eigenvalue weighted by Gasteiger charge is 2.14. The molecule has 1 aromatic rings. The van der Waals surface area contributed by atoms with Crippen LogP contribution in [0, 0.1) is 11.3 Å². The van der Waals surface area contributed by atoms with Crippen molar-refractivity contribution >= 4 is 11.5 Å². The molecular weight excluding hydrogens is 240 g/mol. The summed E-state index contributed by atoms with van der Waals surface area (Å²) < 4.78 is 5.59. The van der Waals surface area contributed by atoms with E-state index in [0.717, 1.165) is 5.82 Å². The number of rotatable bonds is 6. The Kier molecular flexibility index (Phi) is 5.43. The molecule has 1 aromatic heterocycles. The third kappa shape index (κ3) is 4.32. The lowest BCUT2D eigenvalue weighted by molar-refractivity contribution is 0.234. The van der Waals surface area contributed by atoms with E-state index in [4.69, 9.17) is 15.7 Å². The average molecular weight is 262 g/mol. The summed E-state index contributed by atoms with van der Waals surface area (Å²) in [5, 5.41) is 8.72. The lowest BCUT2D eigenvalue weighted by Gasteiger charge is -2.27. The van der Waals surface area contributed by atoms with Crippen LogP contribution in [0.3, 0.4) is 0 Å². The Hall–Kier alpha value is -1.96. The minimum Gasteiger partial charge on any atom is -0.473 e. The first-order valence-corrected chi connectivity index (χ1v) is 6.52. The van der Waals surface area contributed by atoms with Crippen LogP contribution >= 0.6 is 0 Å². The Morgan fingerprint density at radius 3 is 2.58 bits per heavy atom. The molecule has 0 aromatic carbocycles. The maximum atomic E-state index is 8.72. The summed E-state index contributed by atoms with van der Waals surface area (Å²) in [5.41, 5.74) is 6.38. The van der Waals surface area contributed by atoms with Gasteiger partial charge >= 0.3 is 0 Å². The van der Waals surface area contributed by atoms with Crippen LogP contribution in [0.1, 0.15) is 34.1 Å². The minimum absolute atomic E-state index is 0.0247. The summed E-state index contributed by atoms with van der Waals surface area (Å²) in [6.45, 7) is 8.65. The van der Waals surface area contributed by atoms with Gasteiger partial charge in [0.1, 0.15) is 5.82 Å². The van der Waals surface area contributed by atoms with Crippen LogP contribution in [-0.4, -0.2) is 23.7 Å². The first-order chi connectivity index (χ1) is 8.95. The summed E-state index contributed by atoms with van der Waals surface area (Å²) in [7, 11) is 0. The number of nitrogens with zero attached hydrogens (tertiary/aromatic N) is 3. The lowest BCUT2D eigenvalue weighted by atomic mass is 10.2. The summed E-state index contributed by atoms with van der Waals surface area (Å²) in [6.07, 6.45) is 0.488. The molecule has 0 amide bonds.